The predicted molar refractivity (Wildman–Crippen MR) is 71.4 cm³/mol. The van der Waals surface area contributed by atoms with Crippen molar-refractivity contribution >= 4 is 24.1 Å². The maximum atomic E-state index is 11.5. The molecule has 1 amide bonds. The normalized spacial score (nSPS) is 11.3. The van der Waals surface area contributed by atoms with Crippen molar-refractivity contribution in [3.63, 3.8) is 0 Å². The van der Waals surface area contributed by atoms with Gasteiger partial charge in [-0.15, -0.1) is 0 Å². The van der Waals surface area contributed by atoms with E-state index in [0.717, 1.165) is 5.56 Å². The number of amides is 1. The van der Waals surface area contributed by atoms with Crippen LogP contribution >= 0.6 is 0 Å². The highest BCUT2D eigenvalue weighted by molar-refractivity contribution is 5.85. The van der Waals surface area contributed by atoms with Crippen LogP contribution in [-0.2, 0) is 9.53 Å². The Hall–Kier alpha value is -2.10. The van der Waals surface area contributed by atoms with Gasteiger partial charge in [0.2, 0.25) is 0 Å². The second-order valence-corrected chi connectivity index (χ2v) is 4.75. The molecule has 0 bridgehead atoms. The molecule has 0 heterocycles. The van der Waals surface area contributed by atoms with Gasteiger partial charge < -0.3 is 4.74 Å². The molecule has 1 aromatic rings. The summed E-state index contributed by atoms with van der Waals surface area (Å²) >= 11 is 0. The molecule has 0 saturated heterocycles. The van der Waals surface area contributed by atoms with Crippen LogP contribution < -0.4 is 5.32 Å². The molecule has 18 heavy (non-hydrogen) atoms. The van der Waals surface area contributed by atoms with Crippen molar-refractivity contribution in [3.8, 4) is 0 Å². The smallest absolute Gasteiger partial charge is 0.412 e. The Morgan fingerprint density at radius 3 is 2.67 bits per heavy atom. The minimum atomic E-state index is -0.529. The largest absolute Gasteiger partial charge is 0.444 e. The van der Waals surface area contributed by atoms with Crippen molar-refractivity contribution in [2.75, 3.05) is 5.32 Å². The molecule has 0 aromatic heterocycles. The van der Waals surface area contributed by atoms with E-state index in [1.807, 2.05) is 6.07 Å². The fourth-order valence-electron chi connectivity index (χ4n) is 1.29. The molecule has 0 aliphatic carbocycles. The van der Waals surface area contributed by atoms with Crippen molar-refractivity contribution in [3.05, 3.63) is 35.9 Å². The summed E-state index contributed by atoms with van der Waals surface area (Å²) in [5.74, 6) is 0. The van der Waals surface area contributed by atoms with Gasteiger partial charge in [-0.2, -0.15) is 0 Å². The number of ether oxygens (including phenoxy) is 1. The zero-order valence-corrected chi connectivity index (χ0v) is 10.8. The quantitative estimate of drug-likeness (QED) is 0.659. The molecule has 96 valence electrons. The first-order valence-corrected chi connectivity index (χ1v) is 5.62. The van der Waals surface area contributed by atoms with Crippen LogP contribution in [0.2, 0.25) is 0 Å². The van der Waals surface area contributed by atoms with E-state index in [-0.39, 0.29) is 0 Å². The Bertz CT molecular complexity index is 458. The van der Waals surface area contributed by atoms with E-state index in [1.165, 1.54) is 6.08 Å². The van der Waals surface area contributed by atoms with Crippen molar-refractivity contribution in [2.45, 2.75) is 26.4 Å². The second-order valence-electron chi connectivity index (χ2n) is 4.75. The monoisotopic (exact) mass is 247 g/mol. The molecule has 4 heteroatoms. The topological polar surface area (TPSA) is 55.4 Å². The summed E-state index contributed by atoms with van der Waals surface area (Å²) in [6.07, 6.45) is 3.26. The van der Waals surface area contributed by atoms with Gasteiger partial charge in [-0.05, 0) is 44.5 Å². The Morgan fingerprint density at radius 1 is 1.33 bits per heavy atom. The van der Waals surface area contributed by atoms with Crippen LogP contribution in [0.15, 0.2) is 30.3 Å². The zero-order chi connectivity index (χ0) is 13.6. The number of nitrogens with one attached hydrogen (secondary N) is 1. The van der Waals surface area contributed by atoms with Crippen LogP contribution in [0, 0.1) is 0 Å². The van der Waals surface area contributed by atoms with Gasteiger partial charge in [0.15, 0.2) is 0 Å². The molecule has 0 unspecified atom stereocenters. The van der Waals surface area contributed by atoms with E-state index >= 15 is 0 Å². The number of rotatable bonds is 3. The first-order chi connectivity index (χ1) is 8.40. The Kier molecular flexibility index (Phi) is 4.66. The molecular weight excluding hydrogens is 230 g/mol. The molecule has 0 aliphatic heterocycles. The lowest BCUT2D eigenvalue weighted by Gasteiger charge is -2.19. The zero-order valence-electron chi connectivity index (χ0n) is 10.8. The molecule has 0 radical (unpaired) electrons. The lowest BCUT2D eigenvalue weighted by Crippen LogP contribution is -2.27. The highest BCUT2D eigenvalue weighted by Crippen LogP contribution is 2.14. The lowest BCUT2D eigenvalue weighted by atomic mass is 10.2. The average molecular weight is 247 g/mol. The molecule has 1 rings (SSSR count). The van der Waals surface area contributed by atoms with E-state index in [9.17, 15) is 9.59 Å². The fourth-order valence-corrected chi connectivity index (χ4v) is 1.29. The van der Waals surface area contributed by atoms with E-state index in [2.05, 4.69) is 5.32 Å². The summed E-state index contributed by atoms with van der Waals surface area (Å²) in [4.78, 5) is 21.8. The maximum Gasteiger partial charge on any atom is 0.412 e. The molecule has 0 saturated carbocycles. The summed E-state index contributed by atoms with van der Waals surface area (Å²) < 4.78 is 5.14. The summed E-state index contributed by atoms with van der Waals surface area (Å²) in [7, 11) is 0. The van der Waals surface area contributed by atoms with E-state index < -0.39 is 11.7 Å². The summed E-state index contributed by atoms with van der Waals surface area (Å²) in [6.45, 7) is 5.40. The van der Waals surface area contributed by atoms with Crippen molar-refractivity contribution < 1.29 is 14.3 Å². The number of allylic oxidation sites excluding steroid dienone is 1. The van der Waals surface area contributed by atoms with Gasteiger partial charge in [0.05, 0.1) is 0 Å². The number of hydrogen-bond acceptors (Lipinski definition) is 3. The van der Waals surface area contributed by atoms with Gasteiger partial charge in [-0.25, -0.2) is 4.79 Å². The van der Waals surface area contributed by atoms with Crippen LogP contribution in [0.5, 0.6) is 0 Å². The molecule has 0 spiro atoms. The highest BCUT2D eigenvalue weighted by atomic mass is 16.6. The number of benzene rings is 1. The van der Waals surface area contributed by atoms with Crippen molar-refractivity contribution in [1.29, 1.82) is 0 Å². The third-order valence-electron chi connectivity index (χ3n) is 1.90. The highest BCUT2D eigenvalue weighted by Gasteiger charge is 2.15. The number of aldehydes is 1. The Morgan fingerprint density at radius 2 is 2.06 bits per heavy atom. The Labute approximate surface area is 107 Å². The van der Waals surface area contributed by atoms with Gasteiger partial charge in [0.25, 0.3) is 0 Å². The molecule has 4 nitrogen and oxygen atoms in total. The second kappa shape index (κ2) is 6.00. The van der Waals surface area contributed by atoms with Gasteiger partial charge in [-0.1, -0.05) is 18.2 Å². The first-order valence-electron chi connectivity index (χ1n) is 5.62. The average Bonchev–Trinajstić information content (AvgIpc) is 2.24. The molecule has 0 atom stereocenters. The standard InChI is InChI=1S/C14H17NO3/c1-14(2,3)18-13(17)15-12-8-4-6-11(10-12)7-5-9-16/h4-10H,1-3H3,(H,15,17)/b7-5+. The van der Waals surface area contributed by atoms with Crippen LogP contribution in [0.3, 0.4) is 0 Å². The third kappa shape index (κ3) is 5.30. The van der Waals surface area contributed by atoms with E-state index in [0.29, 0.717) is 12.0 Å². The van der Waals surface area contributed by atoms with Crippen LogP contribution in [0.4, 0.5) is 10.5 Å². The minimum absolute atomic E-state index is 0.501. The van der Waals surface area contributed by atoms with Gasteiger partial charge in [-0.3, -0.25) is 10.1 Å². The number of anilines is 1. The summed E-state index contributed by atoms with van der Waals surface area (Å²) in [5.41, 5.74) is 0.923. The number of carbonyl (C=O) groups excluding carboxylic acids is 2. The predicted octanol–water partition coefficient (Wildman–Crippen LogP) is 3.25. The molecule has 1 aromatic carbocycles. The fraction of sp³-hybridized carbons (Fsp3) is 0.286. The number of hydrogen-bond donors (Lipinski definition) is 1. The minimum Gasteiger partial charge on any atom is -0.444 e. The third-order valence-corrected chi connectivity index (χ3v) is 1.90. The Balaban J connectivity index is 2.70. The van der Waals surface area contributed by atoms with Crippen molar-refractivity contribution in [2.24, 2.45) is 0 Å². The molecule has 1 N–H and O–H groups in total. The van der Waals surface area contributed by atoms with E-state index in [1.54, 1.807) is 45.0 Å². The molecule has 0 fully saturated rings. The van der Waals surface area contributed by atoms with Gasteiger partial charge in [0, 0.05) is 5.69 Å². The maximum absolute atomic E-state index is 11.5. The first kappa shape index (κ1) is 14.0. The lowest BCUT2D eigenvalue weighted by molar-refractivity contribution is -0.104. The van der Waals surface area contributed by atoms with E-state index in [4.69, 9.17) is 4.74 Å². The van der Waals surface area contributed by atoms with Gasteiger partial charge in [0.1, 0.15) is 11.9 Å². The van der Waals surface area contributed by atoms with Crippen LogP contribution in [-0.4, -0.2) is 18.0 Å². The number of carbonyl (C=O) groups is 2. The molecular formula is C14H17NO3. The van der Waals surface area contributed by atoms with Crippen LogP contribution in [0.1, 0.15) is 26.3 Å². The van der Waals surface area contributed by atoms with Gasteiger partial charge >= 0.3 is 6.09 Å². The molecule has 0 aliphatic rings. The van der Waals surface area contributed by atoms with Crippen molar-refractivity contribution in [1.82, 2.24) is 0 Å². The van der Waals surface area contributed by atoms with Crippen LogP contribution in [0.25, 0.3) is 6.08 Å². The summed E-state index contributed by atoms with van der Waals surface area (Å²) in [6, 6.07) is 7.13. The SMILES string of the molecule is CC(C)(C)OC(=O)Nc1cccc(/C=C/C=O)c1. The summed E-state index contributed by atoms with van der Waals surface area (Å²) in [5, 5.41) is 2.63.